The summed E-state index contributed by atoms with van der Waals surface area (Å²) in [5.41, 5.74) is 8.66. The fourth-order valence-electron chi connectivity index (χ4n) is 3.27. The molecule has 2 atom stereocenters. The van der Waals surface area contributed by atoms with Crippen LogP contribution in [0.3, 0.4) is 0 Å². The van der Waals surface area contributed by atoms with Gasteiger partial charge in [0.25, 0.3) is 5.69 Å². The first-order valence-corrected chi connectivity index (χ1v) is 10.2. The predicted molar refractivity (Wildman–Crippen MR) is 112 cm³/mol. The van der Waals surface area contributed by atoms with E-state index in [0.717, 1.165) is 23.3 Å². The lowest BCUT2D eigenvalue weighted by Crippen LogP contribution is -2.29. The highest BCUT2D eigenvalue weighted by molar-refractivity contribution is 7.98. The minimum absolute atomic E-state index is 0.0687. The van der Waals surface area contributed by atoms with Crippen molar-refractivity contribution in [3.8, 4) is 5.75 Å². The first kappa shape index (κ1) is 20.1. The summed E-state index contributed by atoms with van der Waals surface area (Å²) in [7, 11) is 1.64. The zero-order chi connectivity index (χ0) is 21.1. The summed E-state index contributed by atoms with van der Waals surface area (Å²) in [5.74, 6) is 8.27. The van der Waals surface area contributed by atoms with Crippen LogP contribution in [0.2, 0.25) is 0 Å². The smallest absolute Gasteiger partial charge is 0.269 e. The predicted octanol–water partition coefficient (Wildman–Crippen LogP) is 2.48. The van der Waals surface area contributed by atoms with Crippen LogP contribution in [0.5, 0.6) is 5.75 Å². The lowest BCUT2D eigenvalue weighted by atomic mass is 10.0. The molecule has 1 saturated heterocycles. The fraction of sp³-hybridized carbons (Fsp3) is 0.263. The number of nitro groups is 1. The molecule has 0 bridgehead atoms. The highest BCUT2D eigenvalue weighted by Gasteiger charge is 2.30. The Labute approximate surface area is 176 Å². The molecule has 30 heavy (non-hydrogen) atoms. The Morgan fingerprint density at radius 2 is 1.87 bits per heavy atom. The Kier molecular flexibility index (Phi) is 5.84. The molecule has 0 amide bonds. The quantitative estimate of drug-likeness (QED) is 0.225. The van der Waals surface area contributed by atoms with Gasteiger partial charge in [0.1, 0.15) is 5.75 Å². The minimum atomic E-state index is -0.415. The third-order valence-electron chi connectivity index (χ3n) is 4.94. The first-order chi connectivity index (χ1) is 14.5. The van der Waals surface area contributed by atoms with Crippen molar-refractivity contribution in [2.45, 2.75) is 29.4 Å². The third-order valence-corrected chi connectivity index (χ3v) is 5.95. The van der Waals surface area contributed by atoms with Crippen LogP contribution < -0.4 is 21.4 Å². The number of nitrogens with two attached hydrogens (primary N) is 1. The molecule has 156 valence electrons. The zero-order valence-corrected chi connectivity index (χ0v) is 17.0. The molecule has 1 fully saturated rings. The highest BCUT2D eigenvalue weighted by atomic mass is 32.2. The second kappa shape index (κ2) is 8.69. The number of hydrazine groups is 1. The third kappa shape index (κ3) is 4.22. The largest absolute Gasteiger partial charge is 0.497 e. The minimum Gasteiger partial charge on any atom is -0.497 e. The number of non-ortho nitro benzene ring substituents is 1. The van der Waals surface area contributed by atoms with Gasteiger partial charge in [-0.2, -0.15) is 0 Å². The van der Waals surface area contributed by atoms with Crippen molar-refractivity contribution in [1.82, 2.24) is 25.7 Å². The van der Waals surface area contributed by atoms with Crippen LogP contribution in [0.15, 0.2) is 53.7 Å². The molecule has 2 heterocycles. The van der Waals surface area contributed by atoms with Crippen molar-refractivity contribution in [3.63, 3.8) is 0 Å². The number of benzene rings is 2. The summed E-state index contributed by atoms with van der Waals surface area (Å²) in [6, 6.07) is 14.4. The molecule has 1 aliphatic rings. The van der Waals surface area contributed by atoms with Crippen LogP contribution in [0, 0.1) is 10.1 Å². The number of aromatic nitrogens is 3. The van der Waals surface area contributed by atoms with Gasteiger partial charge >= 0.3 is 0 Å². The van der Waals surface area contributed by atoms with Gasteiger partial charge in [0.15, 0.2) is 5.82 Å². The molecule has 4 N–H and O–H groups in total. The SMILES string of the molecule is COc1ccc(C2CC(c3nnc(SCc4ccc([N+](=O)[O-])cc4)n3N)NN2)cc1. The van der Waals surface area contributed by atoms with Gasteiger partial charge in [-0.1, -0.05) is 36.0 Å². The molecule has 10 nitrogen and oxygen atoms in total. The molecule has 0 saturated carbocycles. The lowest BCUT2D eigenvalue weighted by molar-refractivity contribution is -0.384. The summed E-state index contributed by atoms with van der Waals surface area (Å²) in [6.45, 7) is 0. The van der Waals surface area contributed by atoms with Gasteiger partial charge in [-0.25, -0.2) is 15.5 Å². The number of nitrogen functional groups attached to an aromatic ring is 1. The maximum absolute atomic E-state index is 10.8. The van der Waals surface area contributed by atoms with Crippen molar-refractivity contribution in [1.29, 1.82) is 0 Å². The van der Waals surface area contributed by atoms with Crippen molar-refractivity contribution in [2.75, 3.05) is 13.0 Å². The van der Waals surface area contributed by atoms with E-state index in [9.17, 15) is 10.1 Å². The number of hydrogen-bond donors (Lipinski definition) is 3. The van der Waals surface area contributed by atoms with Crippen LogP contribution >= 0.6 is 11.8 Å². The Morgan fingerprint density at radius 1 is 1.17 bits per heavy atom. The number of nitrogens with zero attached hydrogens (tertiary/aromatic N) is 4. The maximum Gasteiger partial charge on any atom is 0.269 e. The first-order valence-electron chi connectivity index (χ1n) is 9.26. The van der Waals surface area contributed by atoms with E-state index in [2.05, 4.69) is 21.0 Å². The van der Waals surface area contributed by atoms with Crippen LogP contribution in [0.25, 0.3) is 0 Å². The van der Waals surface area contributed by atoms with E-state index < -0.39 is 4.92 Å². The molecule has 0 spiro atoms. The standard InChI is InChI=1S/C19H21N7O3S/c1-29-15-8-4-13(5-9-15)16-10-17(22-21-16)18-23-24-19(25(18)20)30-11-12-2-6-14(7-3-12)26(27)28/h2-9,16-17,21-22H,10-11,20H2,1H3. The van der Waals surface area contributed by atoms with E-state index in [0.29, 0.717) is 16.7 Å². The number of nitrogens with one attached hydrogen (secondary N) is 2. The number of ether oxygens (including phenoxy) is 1. The molecule has 2 aromatic carbocycles. The average Bonchev–Trinajstić information content (AvgIpc) is 3.39. The van der Waals surface area contributed by atoms with Gasteiger partial charge in [0.05, 0.1) is 18.1 Å². The van der Waals surface area contributed by atoms with Crippen LogP contribution in [0.1, 0.15) is 35.5 Å². The van der Waals surface area contributed by atoms with Crippen LogP contribution in [-0.2, 0) is 5.75 Å². The van der Waals surface area contributed by atoms with Gasteiger partial charge < -0.3 is 10.6 Å². The summed E-state index contributed by atoms with van der Waals surface area (Å²) in [4.78, 5) is 10.3. The van der Waals surface area contributed by atoms with Crippen LogP contribution in [-0.4, -0.2) is 26.9 Å². The van der Waals surface area contributed by atoms with E-state index in [1.165, 1.54) is 28.6 Å². The molecular weight excluding hydrogens is 406 g/mol. The molecule has 4 rings (SSSR count). The van der Waals surface area contributed by atoms with Crippen molar-refractivity contribution in [2.24, 2.45) is 0 Å². The van der Waals surface area contributed by atoms with Gasteiger partial charge in [0, 0.05) is 23.9 Å². The summed E-state index contributed by atoms with van der Waals surface area (Å²) < 4.78 is 6.70. The molecule has 3 aromatic rings. The molecule has 1 aliphatic heterocycles. The van der Waals surface area contributed by atoms with Gasteiger partial charge in [-0.3, -0.25) is 10.1 Å². The Morgan fingerprint density at radius 3 is 2.53 bits per heavy atom. The summed E-state index contributed by atoms with van der Waals surface area (Å²) in [6.07, 6.45) is 0.773. The second-order valence-electron chi connectivity index (χ2n) is 6.83. The average molecular weight is 427 g/mol. The van der Waals surface area contributed by atoms with E-state index in [4.69, 9.17) is 10.6 Å². The number of hydrogen-bond acceptors (Lipinski definition) is 9. The number of nitro benzene ring substituents is 1. The molecule has 2 unspecified atom stereocenters. The van der Waals surface area contributed by atoms with E-state index in [1.54, 1.807) is 19.2 Å². The summed E-state index contributed by atoms with van der Waals surface area (Å²) in [5, 5.41) is 19.8. The topological polar surface area (TPSA) is 133 Å². The number of thioether (sulfide) groups is 1. The Bertz CT molecular complexity index is 1020. The summed E-state index contributed by atoms with van der Waals surface area (Å²) >= 11 is 1.43. The maximum atomic E-state index is 10.8. The van der Waals surface area contributed by atoms with Gasteiger partial charge in [-0.05, 0) is 29.7 Å². The zero-order valence-electron chi connectivity index (χ0n) is 16.2. The lowest BCUT2D eigenvalue weighted by Gasteiger charge is -2.10. The van der Waals surface area contributed by atoms with E-state index in [-0.39, 0.29) is 17.8 Å². The Hall–Kier alpha value is -3.15. The van der Waals surface area contributed by atoms with Crippen LogP contribution in [0.4, 0.5) is 5.69 Å². The van der Waals surface area contributed by atoms with Crippen molar-refractivity contribution < 1.29 is 9.66 Å². The van der Waals surface area contributed by atoms with E-state index in [1.807, 2.05) is 24.3 Å². The molecule has 0 aliphatic carbocycles. The molecule has 0 radical (unpaired) electrons. The Balaban J connectivity index is 1.38. The van der Waals surface area contributed by atoms with E-state index >= 15 is 0 Å². The number of methoxy groups -OCH3 is 1. The molecule has 11 heteroatoms. The highest BCUT2D eigenvalue weighted by Crippen LogP contribution is 2.32. The molecule has 1 aromatic heterocycles. The molecular formula is C19H21N7O3S. The number of rotatable bonds is 7. The van der Waals surface area contributed by atoms with Gasteiger partial charge in [0.2, 0.25) is 5.16 Å². The van der Waals surface area contributed by atoms with Gasteiger partial charge in [-0.15, -0.1) is 10.2 Å². The monoisotopic (exact) mass is 427 g/mol. The second-order valence-corrected chi connectivity index (χ2v) is 7.77. The van der Waals surface area contributed by atoms with Crippen molar-refractivity contribution >= 4 is 17.4 Å². The fourth-order valence-corrected chi connectivity index (χ4v) is 4.09. The normalized spacial score (nSPS) is 18.4. The van der Waals surface area contributed by atoms with Crippen molar-refractivity contribution in [3.05, 3.63) is 75.6 Å².